The zero-order valence-corrected chi connectivity index (χ0v) is 10.3. The monoisotopic (exact) mass is 258 g/mol. The average molecular weight is 258 g/mol. The van der Waals surface area contributed by atoms with Crippen LogP contribution in [-0.2, 0) is 9.59 Å². The third-order valence-corrected chi connectivity index (χ3v) is 4.51. The Balaban J connectivity index is 2.33. The standard InChI is InChI=1S/C10H14N2O4S/c1-3(11)7-6(10(15)16)12-8(14)5(4(2)13)9(12)17-7/h3-5,9,13H,11H2,1-2H3,(H,15,16)/t3-,4?,5+,9-/m1/s1. The number of β-lactam (4-membered cyclic amide) rings is 1. The highest BCUT2D eigenvalue weighted by Crippen LogP contribution is 2.50. The second-order valence-electron chi connectivity index (χ2n) is 4.29. The molecule has 2 heterocycles. The number of aliphatic hydroxyl groups is 1. The van der Waals surface area contributed by atoms with E-state index in [1.807, 2.05) is 0 Å². The maximum absolute atomic E-state index is 11.8. The number of carbonyl (C=O) groups is 2. The van der Waals surface area contributed by atoms with Crippen molar-refractivity contribution in [1.82, 2.24) is 4.90 Å². The van der Waals surface area contributed by atoms with Crippen molar-refractivity contribution in [3.63, 3.8) is 0 Å². The Labute approximate surface area is 102 Å². The number of hydrogen-bond donors (Lipinski definition) is 3. The largest absolute Gasteiger partial charge is 0.477 e. The van der Waals surface area contributed by atoms with Gasteiger partial charge in [-0.1, -0.05) is 11.8 Å². The van der Waals surface area contributed by atoms with Gasteiger partial charge in [0.15, 0.2) is 0 Å². The van der Waals surface area contributed by atoms with Crippen LogP contribution in [0, 0.1) is 5.92 Å². The molecule has 0 aromatic heterocycles. The Morgan fingerprint density at radius 1 is 1.53 bits per heavy atom. The first-order valence-corrected chi connectivity index (χ1v) is 6.15. The number of amides is 1. The van der Waals surface area contributed by atoms with E-state index in [-0.39, 0.29) is 17.0 Å². The molecular formula is C10H14N2O4S. The average Bonchev–Trinajstić information content (AvgIpc) is 2.52. The number of nitrogens with zero attached hydrogens (tertiary/aromatic N) is 1. The van der Waals surface area contributed by atoms with Crippen LogP contribution in [0.3, 0.4) is 0 Å². The van der Waals surface area contributed by atoms with Crippen molar-refractivity contribution in [2.24, 2.45) is 11.7 Å². The third kappa shape index (κ3) is 1.65. The van der Waals surface area contributed by atoms with Gasteiger partial charge < -0.3 is 15.9 Å². The van der Waals surface area contributed by atoms with Crippen molar-refractivity contribution in [3.05, 3.63) is 10.6 Å². The number of carboxylic acid groups (broad SMARTS) is 1. The third-order valence-electron chi connectivity index (χ3n) is 2.94. The molecule has 4 N–H and O–H groups in total. The first-order valence-electron chi connectivity index (χ1n) is 5.27. The van der Waals surface area contributed by atoms with Crippen LogP contribution in [0.2, 0.25) is 0 Å². The summed E-state index contributed by atoms with van der Waals surface area (Å²) in [5.41, 5.74) is 5.67. The molecule has 7 heteroatoms. The summed E-state index contributed by atoms with van der Waals surface area (Å²) in [6.07, 6.45) is -0.779. The molecule has 2 aliphatic rings. The van der Waals surface area contributed by atoms with Crippen molar-refractivity contribution in [3.8, 4) is 0 Å². The minimum Gasteiger partial charge on any atom is -0.477 e. The van der Waals surface area contributed by atoms with Crippen LogP contribution in [0.4, 0.5) is 0 Å². The van der Waals surface area contributed by atoms with Crippen molar-refractivity contribution >= 4 is 23.6 Å². The van der Waals surface area contributed by atoms with E-state index in [2.05, 4.69) is 0 Å². The molecule has 4 atom stereocenters. The van der Waals surface area contributed by atoms with E-state index < -0.39 is 24.0 Å². The molecule has 0 bridgehead atoms. The smallest absolute Gasteiger partial charge is 0.353 e. The van der Waals surface area contributed by atoms with Crippen LogP contribution in [-0.4, -0.2) is 44.5 Å². The van der Waals surface area contributed by atoms with Gasteiger partial charge in [-0.15, -0.1) is 0 Å². The number of thioether (sulfide) groups is 1. The van der Waals surface area contributed by atoms with Gasteiger partial charge >= 0.3 is 5.97 Å². The van der Waals surface area contributed by atoms with Crippen LogP contribution in [0.15, 0.2) is 10.6 Å². The van der Waals surface area contributed by atoms with Gasteiger partial charge in [0, 0.05) is 10.9 Å². The van der Waals surface area contributed by atoms with Crippen LogP contribution in [0.25, 0.3) is 0 Å². The van der Waals surface area contributed by atoms with Gasteiger partial charge in [0.05, 0.1) is 12.0 Å². The molecule has 17 heavy (non-hydrogen) atoms. The SMILES string of the molecule is CC(O)[C@H]1C(=O)N2C(C(=O)O)=C([C@@H](C)N)S[C@H]12. The van der Waals surface area contributed by atoms with Crippen LogP contribution in [0.5, 0.6) is 0 Å². The van der Waals surface area contributed by atoms with E-state index in [1.54, 1.807) is 6.92 Å². The highest BCUT2D eigenvalue weighted by Gasteiger charge is 2.57. The predicted molar refractivity (Wildman–Crippen MR) is 61.7 cm³/mol. The second kappa shape index (κ2) is 4.01. The van der Waals surface area contributed by atoms with Crippen LogP contribution >= 0.6 is 11.8 Å². The molecule has 1 amide bonds. The highest BCUT2D eigenvalue weighted by atomic mass is 32.2. The molecule has 94 valence electrons. The molecule has 2 rings (SSSR count). The zero-order chi connectivity index (χ0) is 12.9. The maximum Gasteiger partial charge on any atom is 0.353 e. The number of rotatable bonds is 3. The lowest BCUT2D eigenvalue weighted by Crippen LogP contribution is -2.60. The summed E-state index contributed by atoms with van der Waals surface area (Å²) in [5.74, 6) is -2.03. The second-order valence-corrected chi connectivity index (χ2v) is 5.45. The van der Waals surface area contributed by atoms with E-state index in [0.29, 0.717) is 4.91 Å². The Morgan fingerprint density at radius 3 is 2.53 bits per heavy atom. The minimum absolute atomic E-state index is 0.0306. The number of hydrogen-bond acceptors (Lipinski definition) is 5. The molecule has 0 radical (unpaired) electrons. The Hall–Kier alpha value is -1.05. The maximum atomic E-state index is 11.8. The number of carboxylic acids is 1. The van der Waals surface area contributed by atoms with Crippen molar-refractivity contribution in [2.75, 3.05) is 0 Å². The van der Waals surface area contributed by atoms with Crippen molar-refractivity contribution in [1.29, 1.82) is 0 Å². The Bertz CT molecular complexity index is 419. The summed E-state index contributed by atoms with van der Waals surface area (Å²) < 4.78 is 0. The lowest BCUT2D eigenvalue weighted by Gasteiger charge is -2.43. The van der Waals surface area contributed by atoms with E-state index in [9.17, 15) is 14.7 Å². The quantitative estimate of drug-likeness (QED) is 0.592. The summed E-state index contributed by atoms with van der Waals surface area (Å²) in [7, 11) is 0. The molecule has 1 fully saturated rings. The molecule has 1 unspecified atom stereocenters. The van der Waals surface area contributed by atoms with E-state index in [4.69, 9.17) is 10.8 Å². The number of aliphatic hydroxyl groups excluding tert-OH is 1. The fourth-order valence-electron chi connectivity index (χ4n) is 2.13. The van der Waals surface area contributed by atoms with Gasteiger partial charge in [-0.25, -0.2) is 4.79 Å². The Kier molecular flexibility index (Phi) is 2.92. The van der Waals surface area contributed by atoms with Gasteiger partial charge in [-0.05, 0) is 13.8 Å². The normalized spacial score (nSPS) is 31.1. The fraction of sp³-hybridized carbons (Fsp3) is 0.600. The summed E-state index contributed by atoms with van der Waals surface area (Å²) >= 11 is 1.26. The Morgan fingerprint density at radius 2 is 2.12 bits per heavy atom. The molecular weight excluding hydrogens is 244 g/mol. The van der Waals surface area contributed by atoms with Gasteiger partial charge in [0.25, 0.3) is 0 Å². The summed E-state index contributed by atoms with van der Waals surface area (Å²) in [6.45, 7) is 3.21. The molecule has 0 aliphatic carbocycles. The van der Waals surface area contributed by atoms with E-state index in [0.717, 1.165) is 0 Å². The lowest BCUT2D eigenvalue weighted by molar-refractivity contribution is -0.156. The molecule has 1 saturated heterocycles. The minimum atomic E-state index is -1.15. The van der Waals surface area contributed by atoms with Crippen molar-refractivity contribution < 1.29 is 19.8 Å². The van der Waals surface area contributed by atoms with Gasteiger partial charge in [0.1, 0.15) is 11.1 Å². The molecule has 2 aliphatic heterocycles. The van der Waals surface area contributed by atoms with Crippen molar-refractivity contribution in [2.45, 2.75) is 31.4 Å². The van der Waals surface area contributed by atoms with Crippen LogP contribution < -0.4 is 5.73 Å². The zero-order valence-electron chi connectivity index (χ0n) is 9.45. The van der Waals surface area contributed by atoms with Gasteiger partial charge in [-0.3, -0.25) is 9.69 Å². The summed E-state index contributed by atoms with van der Waals surface area (Å²) in [6, 6.07) is -0.431. The highest BCUT2D eigenvalue weighted by molar-refractivity contribution is 8.04. The number of carbonyl (C=O) groups excluding carboxylic acids is 1. The lowest BCUT2D eigenvalue weighted by atomic mass is 9.92. The first kappa shape index (κ1) is 12.4. The van der Waals surface area contributed by atoms with E-state index in [1.165, 1.54) is 23.6 Å². The molecule has 0 saturated carbocycles. The fourth-order valence-corrected chi connectivity index (χ4v) is 3.71. The summed E-state index contributed by atoms with van der Waals surface area (Å²) in [4.78, 5) is 24.7. The van der Waals surface area contributed by atoms with E-state index >= 15 is 0 Å². The predicted octanol–water partition coefficient (Wildman–Crippen LogP) is -0.458. The molecule has 6 nitrogen and oxygen atoms in total. The van der Waals surface area contributed by atoms with Crippen LogP contribution in [0.1, 0.15) is 13.8 Å². The number of fused-ring (bicyclic) bond motifs is 1. The molecule has 0 spiro atoms. The topological polar surface area (TPSA) is 104 Å². The first-order chi connectivity index (χ1) is 7.86. The summed E-state index contributed by atoms with van der Waals surface area (Å²) in [5, 5.41) is 18.3. The number of aliphatic carboxylic acids is 1. The molecule has 0 aromatic rings. The van der Waals surface area contributed by atoms with Gasteiger partial charge in [0.2, 0.25) is 5.91 Å². The van der Waals surface area contributed by atoms with Gasteiger partial charge in [-0.2, -0.15) is 0 Å². The molecule has 0 aromatic carbocycles. The number of nitrogens with two attached hydrogens (primary N) is 1.